The van der Waals surface area contributed by atoms with Gasteiger partial charge in [-0.05, 0) is 102 Å². The second-order valence-corrected chi connectivity index (χ2v) is 12.3. The lowest BCUT2D eigenvalue weighted by Gasteiger charge is -2.25. The van der Waals surface area contributed by atoms with E-state index < -0.39 is 22.5 Å². The average Bonchev–Trinajstić information content (AvgIpc) is 3.15. The van der Waals surface area contributed by atoms with E-state index in [4.69, 9.17) is 0 Å². The molecule has 0 saturated carbocycles. The first kappa shape index (κ1) is 28.8. The summed E-state index contributed by atoms with van der Waals surface area (Å²) in [6, 6.07) is 20.5. The van der Waals surface area contributed by atoms with E-state index in [-0.39, 0.29) is 4.90 Å². The molecule has 0 spiro atoms. The van der Waals surface area contributed by atoms with Crippen LogP contribution in [0.2, 0.25) is 0 Å². The van der Waals surface area contributed by atoms with Crippen molar-refractivity contribution in [3.63, 3.8) is 0 Å². The van der Waals surface area contributed by atoms with Crippen LogP contribution < -0.4 is 9.73 Å². The van der Waals surface area contributed by atoms with E-state index in [0.717, 1.165) is 43.6 Å². The van der Waals surface area contributed by atoms with Crippen molar-refractivity contribution in [3.8, 4) is 5.69 Å². The lowest BCUT2D eigenvalue weighted by Crippen LogP contribution is -2.40. The lowest BCUT2D eigenvalue weighted by atomic mass is 10.1. The van der Waals surface area contributed by atoms with Crippen molar-refractivity contribution in [2.75, 3.05) is 10.8 Å². The van der Waals surface area contributed by atoms with Gasteiger partial charge >= 0.3 is 0 Å². The maximum atomic E-state index is 13.7. The van der Waals surface area contributed by atoms with Gasteiger partial charge in [0.05, 0.1) is 16.8 Å². The Balaban J connectivity index is 1.58. The largest absolute Gasteiger partial charge is 0.318 e. The minimum Gasteiger partial charge on any atom is -0.318 e. The molecule has 208 valence electrons. The molecular formula is C32H36N4O3S. The van der Waals surface area contributed by atoms with Crippen LogP contribution in [-0.4, -0.2) is 31.7 Å². The van der Waals surface area contributed by atoms with Crippen LogP contribution >= 0.6 is 0 Å². The number of carbonyl (C=O) groups is 1. The van der Waals surface area contributed by atoms with Crippen LogP contribution in [0.3, 0.4) is 0 Å². The predicted molar refractivity (Wildman–Crippen MR) is 162 cm³/mol. The summed E-state index contributed by atoms with van der Waals surface area (Å²) in [5.41, 5.74) is 12.0. The van der Waals surface area contributed by atoms with E-state index in [1.165, 1.54) is 11.1 Å². The van der Waals surface area contributed by atoms with Gasteiger partial charge in [-0.3, -0.25) is 9.10 Å². The second-order valence-electron chi connectivity index (χ2n) is 10.4. The van der Waals surface area contributed by atoms with Gasteiger partial charge in [0, 0.05) is 22.6 Å². The van der Waals surface area contributed by atoms with E-state index in [1.54, 1.807) is 36.5 Å². The van der Waals surface area contributed by atoms with Crippen molar-refractivity contribution in [2.24, 2.45) is 5.10 Å². The van der Waals surface area contributed by atoms with Crippen molar-refractivity contribution < 1.29 is 13.2 Å². The molecule has 1 aromatic heterocycles. The molecule has 0 aliphatic rings. The Morgan fingerprint density at radius 1 is 0.825 bits per heavy atom. The third-order valence-corrected chi connectivity index (χ3v) is 8.62. The number of aryl methyl sites for hydroxylation is 6. The average molecular weight is 557 g/mol. The Bertz CT molecular complexity index is 1680. The SMILES string of the molecule is Cc1ccc(S(=O)(=O)N(CC(=O)N/N=C\c2cc(C)n(-c3cc(C)cc(C)c3)c2C)c2ccc(C)cc2C)cc1. The van der Waals surface area contributed by atoms with Gasteiger partial charge in [0.1, 0.15) is 6.54 Å². The highest BCUT2D eigenvalue weighted by Gasteiger charge is 2.28. The normalized spacial score (nSPS) is 11.7. The molecule has 4 aromatic rings. The van der Waals surface area contributed by atoms with Gasteiger partial charge in [-0.1, -0.05) is 41.5 Å². The minimum absolute atomic E-state index is 0.119. The summed E-state index contributed by atoms with van der Waals surface area (Å²) in [7, 11) is -4.01. The Kier molecular flexibility index (Phi) is 8.30. The fraction of sp³-hybridized carbons (Fsp3) is 0.250. The van der Waals surface area contributed by atoms with Crippen LogP contribution in [0, 0.1) is 48.5 Å². The molecule has 1 N–H and O–H groups in total. The third-order valence-electron chi connectivity index (χ3n) is 6.84. The van der Waals surface area contributed by atoms with Crippen molar-refractivity contribution in [2.45, 2.75) is 53.4 Å². The van der Waals surface area contributed by atoms with Crippen LogP contribution in [0.1, 0.15) is 44.8 Å². The first-order chi connectivity index (χ1) is 18.9. The number of hydrogen-bond donors (Lipinski definition) is 1. The number of nitrogens with zero attached hydrogens (tertiary/aromatic N) is 3. The number of nitrogens with one attached hydrogen (secondary N) is 1. The highest BCUT2D eigenvalue weighted by atomic mass is 32.2. The molecule has 0 unspecified atom stereocenters. The molecule has 0 fully saturated rings. The highest BCUT2D eigenvalue weighted by Crippen LogP contribution is 2.28. The molecule has 3 aromatic carbocycles. The molecular weight excluding hydrogens is 520 g/mol. The van der Waals surface area contributed by atoms with Crippen molar-refractivity contribution in [1.29, 1.82) is 0 Å². The molecule has 0 radical (unpaired) electrons. The van der Waals surface area contributed by atoms with Gasteiger partial charge in [0.15, 0.2) is 0 Å². The standard InChI is InChI=1S/C32H36N4O3S/c1-21-8-11-30(12-9-21)40(38,39)35(31-13-10-22(2)15-25(31)5)20-32(37)34-33-19-28-18-26(6)36(27(28)7)29-16-23(3)14-24(4)17-29/h8-19H,20H2,1-7H3,(H,34,37)/b33-19-. The van der Waals surface area contributed by atoms with Gasteiger partial charge in [0.25, 0.3) is 15.9 Å². The summed E-state index contributed by atoms with van der Waals surface area (Å²) in [6.45, 7) is 13.4. The summed E-state index contributed by atoms with van der Waals surface area (Å²) >= 11 is 0. The Labute approximate surface area is 237 Å². The fourth-order valence-electron chi connectivity index (χ4n) is 4.96. The number of carbonyl (C=O) groups excluding carboxylic acids is 1. The number of hydrogen-bond acceptors (Lipinski definition) is 4. The van der Waals surface area contributed by atoms with Crippen LogP contribution in [0.25, 0.3) is 5.69 Å². The molecule has 8 heteroatoms. The van der Waals surface area contributed by atoms with E-state index >= 15 is 0 Å². The number of rotatable bonds is 8. The number of sulfonamides is 1. The number of aromatic nitrogens is 1. The van der Waals surface area contributed by atoms with Gasteiger partial charge in [-0.25, -0.2) is 13.8 Å². The zero-order chi connectivity index (χ0) is 29.2. The molecule has 0 atom stereocenters. The van der Waals surface area contributed by atoms with Crippen molar-refractivity contribution in [3.05, 3.63) is 111 Å². The molecule has 1 amide bonds. The number of hydrazone groups is 1. The molecule has 7 nitrogen and oxygen atoms in total. The van der Waals surface area contributed by atoms with Gasteiger partial charge in [-0.2, -0.15) is 5.10 Å². The first-order valence-electron chi connectivity index (χ1n) is 13.1. The fourth-order valence-corrected chi connectivity index (χ4v) is 6.44. The Morgan fingerprint density at radius 3 is 2.08 bits per heavy atom. The minimum atomic E-state index is -4.01. The molecule has 4 rings (SSSR count). The molecule has 0 bridgehead atoms. The molecule has 0 aliphatic heterocycles. The van der Waals surface area contributed by atoms with E-state index in [0.29, 0.717) is 5.69 Å². The highest BCUT2D eigenvalue weighted by molar-refractivity contribution is 7.92. The number of anilines is 1. The quantitative estimate of drug-likeness (QED) is 0.214. The molecule has 1 heterocycles. The summed E-state index contributed by atoms with van der Waals surface area (Å²) in [5.74, 6) is -0.546. The van der Waals surface area contributed by atoms with Gasteiger partial charge < -0.3 is 4.57 Å². The smallest absolute Gasteiger partial charge is 0.264 e. The third kappa shape index (κ3) is 6.18. The maximum Gasteiger partial charge on any atom is 0.264 e. The summed E-state index contributed by atoms with van der Waals surface area (Å²) in [5, 5.41) is 4.18. The summed E-state index contributed by atoms with van der Waals surface area (Å²) in [4.78, 5) is 13.2. The molecule has 40 heavy (non-hydrogen) atoms. The monoisotopic (exact) mass is 556 g/mol. The Morgan fingerprint density at radius 2 is 1.45 bits per heavy atom. The van der Waals surface area contributed by atoms with Crippen LogP contribution in [0.5, 0.6) is 0 Å². The van der Waals surface area contributed by atoms with Crippen LogP contribution in [0.4, 0.5) is 5.69 Å². The first-order valence-corrected chi connectivity index (χ1v) is 14.6. The maximum absolute atomic E-state index is 13.7. The Hall–Kier alpha value is -4.17. The lowest BCUT2D eigenvalue weighted by molar-refractivity contribution is -0.119. The van der Waals surface area contributed by atoms with E-state index in [9.17, 15) is 13.2 Å². The molecule has 0 saturated heterocycles. The summed E-state index contributed by atoms with van der Waals surface area (Å²) in [6.07, 6.45) is 1.59. The number of benzene rings is 3. The number of amides is 1. The second kappa shape index (κ2) is 11.5. The van der Waals surface area contributed by atoms with Crippen LogP contribution in [-0.2, 0) is 14.8 Å². The zero-order valence-corrected chi connectivity index (χ0v) is 24.9. The van der Waals surface area contributed by atoms with Crippen molar-refractivity contribution >= 4 is 27.8 Å². The van der Waals surface area contributed by atoms with Gasteiger partial charge in [-0.15, -0.1) is 0 Å². The molecule has 0 aliphatic carbocycles. The summed E-state index contributed by atoms with van der Waals surface area (Å²) < 4.78 is 30.7. The predicted octanol–water partition coefficient (Wildman–Crippen LogP) is 5.98. The van der Waals surface area contributed by atoms with Gasteiger partial charge in [0.2, 0.25) is 0 Å². The van der Waals surface area contributed by atoms with E-state index in [2.05, 4.69) is 47.1 Å². The zero-order valence-electron chi connectivity index (χ0n) is 24.1. The van der Waals surface area contributed by atoms with E-state index in [1.807, 2.05) is 52.8 Å². The van der Waals surface area contributed by atoms with Crippen molar-refractivity contribution in [1.82, 2.24) is 9.99 Å². The topological polar surface area (TPSA) is 83.8 Å². The van der Waals surface area contributed by atoms with Crippen LogP contribution in [0.15, 0.2) is 76.7 Å².